The van der Waals surface area contributed by atoms with Crippen molar-refractivity contribution in [2.24, 2.45) is 5.92 Å². The minimum absolute atomic E-state index is 0.121. The number of sulfonamides is 1. The van der Waals surface area contributed by atoms with E-state index >= 15 is 0 Å². The second kappa shape index (κ2) is 7.23. The highest BCUT2D eigenvalue weighted by Gasteiger charge is 2.22. The molecule has 0 aromatic carbocycles. The zero-order valence-electron chi connectivity index (χ0n) is 11.1. The van der Waals surface area contributed by atoms with Crippen LogP contribution in [-0.2, 0) is 10.0 Å². The molecule has 1 aromatic rings. The highest BCUT2D eigenvalue weighted by molar-refractivity contribution is 7.89. The van der Waals surface area contributed by atoms with Crippen molar-refractivity contribution >= 4 is 21.4 Å². The van der Waals surface area contributed by atoms with Gasteiger partial charge >= 0.3 is 0 Å². The molecule has 1 aromatic heterocycles. The van der Waals surface area contributed by atoms with Crippen LogP contribution in [0.3, 0.4) is 0 Å². The quantitative estimate of drug-likeness (QED) is 0.720. The Kier molecular flexibility index (Phi) is 6.28. The van der Waals surface area contributed by atoms with Crippen LogP contribution >= 0.6 is 11.3 Å². The second-order valence-electron chi connectivity index (χ2n) is 4.63. The van der Waals surface area contributed by atoms with E-state index in [1.54, 1.807) is 11.3 Å². The molecule has 0 aliphatic rings. The van der Waals surface area contributed by atoms with Crippen LogP contribution in [0.25, 0.3) is 0 Å². The van der Waals surface area contributed by atoms with Crippen molar-refractivity contribution < 1.29 is 8.42 Å². The average Bonchev–Trinajstić information content (AvgIpc) is 2.79. The maximum Gasteiger partial charge on any atom is 0.212 e. The summed E-state index contributed by atoms with van der Waals surface area (Å²) in [4.78, 5) is 1.07. The van der Waals surface area contributed by atoms with Crippen molar-refractivity contribution in [3.63, 3.8) is 0 Å². The van der Waals surface area contributed by atoms with Crippen LogP contribution in [0.2, 0.25) is 0 Å². The van der Waals surface area contributed by atoms with E-state index < -0.39 is 10.0 Å². The molecule has 1 heterocycles. The maximum atomic E-state index is 12.0. The first-order chi connectivity index (χ1) is 8.46. The molecule has 1 rings (SSSR count). The van der Waals surface area contributed by atoms with E-state index in [0.29, 0.717) is 13.0 Å². The van der Waals surface area contributed by atoms with E-state index in [9.17, 15) is 8.42 Å². The van der Waals surface area contributed by atoms with Gasteiger partial charge in [-0.05, 0) is 37.4 Å². The standard InChI is InChI=1S/C12H22N2O2S2/c1-10(2)12(11-6-4-8-17-11)14-18(15,16)9-5-7-13-3/h4,6,8,10,12-14H,5,7,9H2,1-3H3. The minimum atomic E-state index is -3.21. The molecule has 0 amide bonds. The summed E-state index contributed by atoms with van der Waals surface area (Å²) < 4.78 is 26.8. The molecular weight excluding hydrogens is 268 g/mol. The lowest BCUT2D eigenvalue weighted by Crippen LogP contribution is -2.33. The van der Waals surface area contributed by atoms with E-state index in [4.69, 9.17) is 0 Å². The summed E-state index contributed by atoms with van der Waals surface area (Å²) >= 11 is 1.59. The number of rotatable bonds is 8. The normalized spacial score (nSPS) is 14.0. The first-order valence-electron chi connectivity index (χ1n) is 6.14. The number of nitrogens with one attached hydrogen (secondary N) is 2. The lowest BCUT2D eigenvalue weighted by Gasteiger charge is -2.21. The predicted molar refractivity (Wildman–Crippen MR) is 77.4 cm³/mol. The lowest BCUT2D eigenvalue weighted by atomic mass is 10.0. The number of hydrogen-bond donors (Lipinski definition) is 2. The molecule has 0 fully saturated rings. The molecule has 0 radical (unpaired) electrons. The summed E-state index contributed by atoms with van der Waals surface area (Å²) in [7, 11) is -1.39. The molecule has 0 aliphatic carbocycles. The third-order valence-electron chi connectivity index (χ3n) is 2.66. The summed E-state index contributed by atoms with van der Waals surface area (Å²) in [5.41, 5.74) is 0. The van der Waals surface area contributed by atoms with Crippen LogP contribution in [0.15, 0.2) is 17.5 Å². The van der Waals surface area contributed by atoms with Crippen LogP contribution in [0.5, 0.6) is 0 Å². The van der Waals surface area contributed by atoms with Crippen molar-refractivity contribution in [2.75, 3.05) is 19.3 Å². The summed E-state index contributed by atoms with van der Waals surface area (Å²) in [5.74, 6) is 0.408. The third-order valence-corrected chi connectivity index (χ3v) is 5.06. The van der Waals surface area contributed by atoms with Crippen LogP contribution in [0.1, 0.15) is 31.2 Å². The molecule has 0 bridgehead atoms. The van der Waals surface area contributed by atoms with Crippen molar-refractivity contribution in [1.82, 2.24) is 10.0 Å². The summed E-state index contributed by atoms with van der Waals surface area (Å²) in [5, 5.41) is 4.93. The Hall–Kier alpha value is -0.430. The zero-order chi connectivity index (χ0) is 13.6. The van der Waals surface area contributed by atoms with E-state index in [0.717, 1.165) is 4.88 Å². The topological polar surface area (TPSA) is 58.2 Å². The van der Waals surface area contributed by atoms with Gasteiger partial charge in [-0.15, -0.1) is 11.3 Å². The third kappa shape index (κ3) is 5.06. The molecule has 4 nitrogen and oxygen atoms in total. The Bertz CT molecular complexity index is 427. The zero-order valence-corrected chi connectivity index (χ0v) is 12.8. The van der Waals surface area contributed by atoms with E-state index in [-0.39, 0.29) is 17.7 Å². The van der Waals surface area contributed by atoms with Gasteiger partial charge in [0.1, 0.15) is 0 Å². The highest BCUT2D eigenvalue weighted by Crippen LogP contribution is 2.26. The van der Waals surface area contributed by atoms with Crippen LogP contribution in [-0.4, -0.2) is 27.8 Å². The monoisotopic (exact) mass is 290 g/mol. The minimum Gasteiger partial charge on any atom is -0.320 e. The Morgan fingerprint density at radius 1 is 1.39 bits per heavy atom. The largest absolute Gasteiger partial charge is 0.320 e. The van der Waals surface area contributed by atoms with Gasteiger partial charge in [-0.3, -0.25) is 0 Å². The summed E-state index contributed by atoms with van der Waals surface area (Å²) in [6.45, 7) is 4.77. The first kappa shape index (κ1) is 15.6. The fourth-order valence-electron chi connectivity index (χ4n) is 1.68. The summed E-state index contributed by atoms with van der Waals surface area (Å²) in [6.07, 6.45) is 0.626. The molecule has 2 N–H and O–H groups in total. The van der Waals surface area contributed by atoms with Gasteiger partial charge in [-0.2, -0.15) is 0 Å². The Morgan fingerprint density at radius 3 is 2.61 bits per heavy atom. The van der Waals surface area contributed by atoms with Crippen molar-refractivity contribution in [2.45, 2.75) is 26.3 Å². The molecule has 6 heteroatoms. The first-order valence-corrected chi connectivity index (χ1v) is 8.67. The Balaban J connectivity index is 2.67. The maximum absolute atomic E-state index is 12.0. The lowest BCUT2D eigenvalue weighted by molar-refractivity contribution is 0.468. The van der Waals surface area contributed by atoms with Gasteiger partial charge in [-0.25, -0.2) is 13.1 Å². The van der Waals surface area contributed by atoms with Gasteiger partial charge in [0.2, 0.25) is 10.0 Å². The fraction of sp³-hybridized carbons (Fsp3) is 0.667. The van der Waals surface area contributed by atoms with Gasteiger partial charge in [0, 0.05) is 4.88 Å². The van der Waals surface area contributed by atoms with E-state index in [1.807, 2.05) is 38.4 Å². The van der Waals surface area contributed by atoms with Gasteiger partial charge in [0.25, 0.3) is 0 Å². The van der Waals surface area contributed by atoms with Gasteiger partial charge < -0.3 is 5.32 Å². The molecule has 0 spiro atoms. The van der Waals surface area contributed by atoms with Crippen LogP contribution in [0, 0.1) is 5.92 Å². The highest BCUT2D eigenvalue weighted by atomic mass is 32.2. The molecule has 1 unspecified atom stereocenters. The molecule has 0 aliphatic heterocycles. The van der Waals surface area contributed by atoms with Crippen molar-refractivity contribution in [1.29, 1.82) is 0 Å². The van der Waals surface area contributed by atoms with Crippen molar-refractivity contribution in [3.05, 3.63) is 22.4 Å². The van der Waals surface area contributed by atoms with Gasteiger partial charge in [-0.1, -0.05) is 19.9 Å². The fourth-order valence-corrected chi connectivity index (χ4v) is 4.13. The SMILES string of the molecule is CNCCCS(=O)(=O)NC(c1cccs1)C(C)C. The molecular formula is C12H22N2O2S2. The second-order valence-corrected chi connectivity index (χ2v) is 7.48. The molecule has 104 valence electrons. The summed E-state index contributed by atoms with van der Waals surface area (Å²) in [6, 6.07) is 3.81. The molecule has 0 saturated carbocycles. The Labute approximate surface area is 114 Å². The molecule has 0 saturated heterocycles. The average molecular weight is 290 g/mol. The van der Waals surface area contributed by atoms with Gasteiger partial charge in [0.15, 0.2) is 0 Å². The van der Waals surface area contributed by atoms with Crippen molar-refractivity contribution in [3.8, 4) is 0 Å². The van der Waals surface area contributed by atoms with Gasteiger partial charge in [0.05, 0.1) is 11.8 Å². The Morgan fingerprint density at radius 2 is 2.11 bits per heavy atom. The molecule has 18 heavy (non-hydrogen) atoms. The molecule has 1 atom stereocenters. The van der Waals surface area contributed by atoms with E-state index in [2.05, 4.69) is 10.0 Å². The van der Waals surface area contributed by atoms with Crippen LogP contribution < -0.4 is 10.0 Å². The van der Waals surface area contributed by atoms with E-state index in [1.165, 1.54) is 0 Å². The smallest absolute Gasteiger partial charge is 0.212 e. The number of thiophene rings is 1. The predicted octanol–water partition coefficient (Wildman–Crippen LogP) is 1.97. The number of hydrogen-bond acceptors (Lipinski definition) is 4. The van der Waals surface area contributed by atoms with Crippen LogP contribution in [0.4, 0.5) is 0 Å².